The van der Waals surface area contributed by atoms with Gasteiger partial charge in [-0.05, 0) is 42.0 Å². The molecule has 5 rings (SSSR count). The van der Waals surface area contributed by atoms with Crippen molar-refractivity contribution in [3.05, 3.63) is 65.4 Å². The van der Waals surface area contributed by atoms with Crippen molar-refractivity contribution in [1.29, 1.82) is 0 Å². The molecule has 0 aliphatic heterocycles. The second-order valence-corrected chi connectivity index (χ2v) is 7.65. The quantitative estimate of drug-likeness (QED) is 0.405. The van der Waals surface area contributed by atoms with Gasteiger partial charge in [0.2, 0.25) is 5.88 Å². The maximum atomic E-state index is 13.7. The van der Waals surface area contributed by atoms with Gasteiger partial charge in [-0.15, -0.1) is 0 Å². The van der Waals surface area contributed by atoms with Gasteiger partial charge in [-0.25, -0.2) is 18.9 Å². The van der Waals surface area contributed by atoms with E-state index in [-0.39, 0.29) is 23.7 Å². The number of ether oxygens (including phenoxy) is 2. The molecule has 1 aromatic carbocycles. The second-order valence-electron chi connectivity index (χ2n) is 7.65. The molecule has 170 valence electrons. The zero-order valence-electron chi connectivity index (χ0n) is 17.5. The summed E-state index contributed by atoms with van der Waals surface area (Å²) in [6.45, 7) is 0. The molecule has 33 heavy (non-hydrogen) atoms. The van der Waals surface area contributed by atoms with E-state index in [2.05, 4.69) is 20.1 Å². The molecule has 3 aromatic heterocycles. The van der Waals surface area contributed by atoms with Gasteiger partial charge in [0, 0.05) is 24.2 Å². The number of rotatable bonds is 5. The highest BCUT2D eigenvalue weighted by Gasteiger charge is 2.43. The first-order chi connectivity index (χ1) is 15.8. The second kappa shape index (κ2) is 7.68. The van der Waals surface area contributed by atoms with Crippen molar-refractivity contribution in [3.8, 4) is 23.1 Å². The molecule has 4 aromatic rings. The SMILES string of the molecule is COc1ncc(-c2cc([C@H]3C[C@@H]3c3ccc(F)c(C(F)(F)F)c3)c3nccn3n2)c(OC)n1. The Morgan fingerprint density at radius 2 is 1.88 bits per heavy atom. The molecule has 0 radical (unpaired) electrons. The number of halogens is 4. The highest BCUT2D eigenvalue weighted by Crippen LogP contribution is 2.56. The Balaban J connectivity index is 1.55. The van der Waals surface area contributed by atoms with E-state index in [1.54, 1.807) is 16.9 Å². The number of nitrogens with zero attached hydrogens (tertiary/aromatic N) is 5. The minimum atomic E-state index is -4.75. The lowest BCUT2D eigenvalue weighted by atomic mass is 10.0. The lowest BCUT2D eigenvalue weighted by Crippen LogP contribution is -2.08. The first-order valence-corrected chi connectivity index (χ1v) is 9.96. The standard InChI is InChI=1S/C22H17F4N5O2/c1-32-20-15(10-28-21(29-20)33-2)18-9-14(19-27-5-6-31(19)30-18)13-8-12(13)11-3-4-17(23)16(7-11)22(24,25)26/h3-7,9-10,12-13H,8H2,1-2H3/t12-,13+/m1/s1. The lowest BCUT2D eigenvalue weighted by molar-refractivity contribution is -0.140. The van der Waals surface area contributed by atoms with Crippen molar-refractivity contribution < 1.29 is 27.0 Å². The maximum Gasteiger partial charge on any atom is 0.419 e. The summed E-state index contributed by atoms with van der Waals surface area (Å²) in [5.74, 6) is -1.32. The average molecular weight is 459 g/mol. The summed E-state index contributed by atoms with van der Waals surface area (Å²) >= 11 is 0. The van der Waals surface area contributed by atoms with Crippen molar-refractivity contribution >= 4 is 5.65 Å². The number of aromatic nitrogens is 5. The number of alkyl halides is 3. The van der Waals surface area contributed by atoms with Crippen LogP contribution in [0, 0.1) is 5.82 Å². The summed E-state index contributed by atoms with van der Waals surface area (Å²) in [6, 6.07) is 5.12. The highest BCUT2D eigenvalue weighted by atomic mass is 19.4. The van der Waals surface area contributed by atoms with Crippen LogP contribution in [-0.2, 0) is 6.18 Å². The summed E-state index contributed by atoms with van der Waals surface area (Å²) in [4.78, 5) is 12.7. The molecule has 0 amide bonds. The normalized spacial score (nSPS) is 17.9. The number of imidazole rings is 1. The van der Waals surface area contributed by atoms with Crippen LogP contribution in [0.1, 0.15) is 34.9 Å². The first-order valence-electron chi connectivity index (χ1n) is 9.96. The Morgan fingerprint density at radius 3 is 2.61 bits per heavy atom. The Hall–Kier alpha value is -3.76. The van der Waals surface area contributed by atoms with E-state index >= 15 is 0 Å². The van der Waals surface area contributed by atoms with E-state index in [1.807, 2.05) is 6.07 Å². The van der Waals surface area contributed by atoms with Crippen molar-refractivity contribution in [2.45, 2.75) is 24.4 Å². The molecule has 7 nitrogen and oxygen atoms in total. The summed E-state index contributed by atoms with van der Waals surface area (Å²) in [7, 11) is 2.90. The van der Waals surface area contributed by atoms with Crippen molar-refractivity contribution in [2.75, 3.05) is 14.2 Å². The summed E-state index contributed by atoms with van der Waals surface area (Å²) in [6.07, 6.45) is 0.644. The topological polar surface area (TPSA) is 74.4 Å². The fourth-order valence-electron chi connectivity index (χ4n) is 4.02. The van der Waals surface area contributed by atoms with Crippen molar-refractivity contribution in [2.24, 2.45) is 0 Å². The number of fused-ring (bicyclic) bond motifs is 1. The molecule has 0 N–H and O–H groups in total. The van der Waals surface area contributed by atoms with E-state index < -0.39 is 17.6 Å². The first kappa shape index (κ1) is 21.1. The van der Waals surface area contributed by atoms with Crippen LogP contribution in [0.2, 0.25) is 0 Å². The minimum Gasteiger partial charge on any atom is -0.480 e. The number of hydrogen-bond acceptors (Lipinski definition) is 6. The third kappa shape index (κ3) is 3.73. The van der Waals surface area contributed by atoms with Crippen LogP contribution < -0.4 is 9.47 Å². The number of benzene rings is 1. The van der Waals surface area contributed by atoms with Gasteiger partial charge in [-0.3, -0.25) is 0 Å². The zero-order chi connectivity index (χ0) is 23.3. The van der Waals surface area contributed by atoms with Gasteiger partial charge >= 0.3 is 12.2 Å². The van der Waals surface area contributed by atoms with Gasteiger partial charge in [-0.1, -0.05) is 6.07 Å². The molecule has 0 spiro atoms. The molecule has 1 saturated carbocycles. The molecule has 2 atom stereocenters. The Kier molecular flexibility index (Phi) is 4.91. The molecule has 1 fully saturated rings. The molecular formula is C22H17F4N5O2. The van der Waals surface area contributed by atoms with Gasteiger partial charge in [0.1, 0.15) is 5.82 Å². The van der Waals surface area contributed by atoms with Crippen LogP contribution in [0.3, 0.4) is 0 Å². The molecule has 11 heteroatoms. The molecule has 0 unspecified atom stereocenters. The number of methoxy groups -OCH3 is 2. The minimum absolute atomic E-state index is 0.103. The van der Waals surface area contributed by atoms with Gasteiger partial charge < -0.3 is 9.47 Å². The van der Waals surface area contributed by atoms with E-state index in [0.717, 1.165) is 17.7 Å². The third-order valence-electron chi connectivity index (χ3n) is 5.69. The zero-order valence-corrected chi connectivity index (χ0v) is 17.5. The van der Waals surface area contributed by atoms with Gasteiger partial charge in [0.25, 0.3) is 0 Å². The van der Waals surface area contributed by atoms with Crippen molar-refractivity contribution in [1.82, 2.24) is 24.6 Å². The van der Waals surface area contributed by atoms with Crippen molar-refractivity contribution in [3.63, 3.8) is 0 Å². The molecule has 1 aliphatic rings. The summed E-state index contributed by atoms with van der Waals surface area (Å²) in [5.41, 5.74) is 1.61. The Labute approximate surface area is 185 Å². The van der Waals surface area contributed by atoms with Crippen LogP contribution in [-0.4, -0.2) is 38.8 Å². The lowest BCUT2D eigenvalue weighted by Gasteiger charge is -2.12. The predicted molar refractivity (Wildman–Crippen MR) is 109 cm³/mol. The summed E-state index contributed by atoms with van der Waals surface area (Å²) in [5, 5.41) is 4.55. The van der Waals surface area contributed by atoms with Crippen LogP contribution in [0.5, 0.6) is 11.9 Å². The Morgan fingerprint density at radius 1 is 1.06 bits per heavy atom. The van der Waals surface area contributed by atoms with E-state index in [4.69, 9.17) is 9.47 Å². The average Bonchev–Trinajstić information content (AvgIpc) is 3.45. The summed E-state index contributed by atoms with van der Waals surface area (Å²) < 4.78 is 65.2. The highest BCUT2D eigenvalue weighted by molar-refractivity contribution is 5.68. The van der Waals surface area contributed by atoms with E-state index in [9.17, 15) is 17.6 Å². The third-order valence-corrected chi connectivity index (χ3v) is 5.69. The molecule has 3 heterocycles. The fourth-order valence-corrected chi connectivity index (χ4v) is 4.02. The molecule has 0 saturated heterocycles. The van der Waals surface area contributed by atoms with Gasteiger partial charge in [-0.2, -0.15) is 23.3 Å². The van der Waals surface area contributed by atoms with Gasteiger partial charge in [0.05, 0.1) is 31.0 Å². The smallest absolute Gasteiger partial charge is 0.419 e. The molecular weight excluding hydrogens is 442 g/mol. The van der Waals surface area contributed by atoms with Crippen LogP contribution in [0.4, 0.5) is 17.6 Å². The monoisotopic (exact) mass is 459 g/mol. The maximum absolute atomic E-state index is 13.7. The molecule has 1 aliphatic carbocycles. The van der Waals surface area contributed by atoms with Crippen LogP contribution in [0.15, 0.2) is 42.9 Å². The van der Waals surface area contributed by atoms with Crippen LogP contribution >= 0.6 is 0 Å². The fraction of sp³-hybridized carbons (Fsp3) is 0.273. The van der Waals surface area contributed by atoms with E-state index in [1.165, 1.54) is 26.5 Å². The van der Waals surface area contributed by atoms with Crippen LogP contribution in [0.25, 0.3) is 16.9 Å². The molecule has 0 bridgehead atoms. The number of hydrogen-bond donors (Lipinski definition) is 0. The van der Waals surface area contributed by atoms with Gasteiger partial charge in [0.15, 0.2) is 5.65 Å². The predicted octanol–water partition coefficient (Wildman–Crippen LogP) is 4.63. The Bertz CT molecular complexity index is 1350. The van der Waals surface area contributed by atoms with E-state index in [0.29, 0.717) is 28.9 Å². The largest absolute Gasteiger partial charge is 0.480 e.